The average Bonchev–Trinajstić information content (AvgIpc) is 3.24. The van der Waals surface area contributed by atoms with Crippen LogP contribution < -0.4 is 0 Å². The molecule has 0 unspecified atom stereocenters. The summed E-state index contributed by atoms with van der Waals surface area (Å²) in [6.45, 7) is 0. The number of benzene rings is 1. The molecule has 4 aromatic rings. The van der Waals surface area contributed by atoms with Crippen molar-refractivity contribution in [3.8, 4) is 33.8 Å². The van der Waals surface area contributed by atoms with Gasteiger partial charge in [-0.15, -0.1) is 0 Å². The van der Waals surface area contributed by atoms with Gasteiger partial charge in [-0.3, -0.25) is 4.98 Å². The summed E-state index contributed by atoms with van der Waals surface area (Å²) in [5.41, 5.74) is 5.59. The lowest BCUT2D eigenvalue weighted by atomic mass is 10.1. The molecular formula is C20H16N2O. The summed E-state index contributed by atoms with van der Waals surface area (Å²) in [5, 5.41) is 0. The van der Waals surface area contributed by atoms with Gasteiger partial charge in [0.1, 0.15) is 5.76 Å². The lowest BCUT2D eigenvalue weighted by Gasteiger charge is -2.09. The van der Waals surface area contributed by atoms with Gasteiger partial charge in [-0.1, -0.05) is 30.3 Å². The first-order valence-electron chi connectivity index (χ1n) is 7.54. The number of hydrogen-bond donors (Lipinski definition) is 0. The highest BCUT2D eigenvalue weighted by molar-refractivity contribution is 5.84. The normalized spacial score (nSPS) is 10.8. The van der Waals surface area contributed by atoms with E-state index in [0.29, 0.717) is 0 Å². The maximum absolute atomic E-state index is 5.66. The molecular weight excluding hydrogens is 284 g/mol. The minimum absolute atomic E-state index is 0.870. The molecule has 4 rings (SSSR count). The zero-order valence-electron chi connectivity index (χ0n) is 12.8. The van der Waals surface area contributed by atoms with E-state index >= 15 is 0 Å². The summed E-state index contributed by atoms with van der Waals surface area (Å²) in [6, 6.07) is 20.5. The van der Waals surface area contributed by atoms with Crippen LogP contribution in [0.15, 0.2) is 83.7 Å². The van der Waals surface area contributed by atoms with Crippen LogP contribution in [-0.2, 0) is 7.05 Å². The highest BCUT2D eigenvalue weighted by Gasteiger charge is 2.18. The Morgan fingerprint density at radius 2 is 1.74 bits per heavy atom. The quantitative estimate of drug-likeness (QED) is 0.532. The van der Waals surface area contributed by atoms with E-state index in [1.54, 1.807) is 12.5 Å². The van der Waals surface area contributed by atoms with Gasteiger partial charge in [0, 0.05) is 30.6 Å². The Morgan fingerprint density at radius 1 is 0.913 bits per heavy atom. The lowest BCUT2D eigenvalue weighted by molar-refractivity contribution is 0.582. The van der Waals surface area contributed by atoms with Crippen LogP contribution in [0.4, 0.5) is 0 Å². The largest absolute Gasteiger partial charge is 0.464 e. The Kier molecular flexibility index (Phi) is 3.31. The Morgan fingerprint density at radius 3 is 2.43 bits per heavy atom. The van der Waals surface area contributed by atoms with Crippen molar-refractivity contribution in [3.05, 3.63) is 79.3 Å². The third-order valence-corrected chi connectivity index (χ3v) is 4.02. The van der Waals surface area contributed by atoms with E-state index in [1.807, 2.05) is 30.5 Å². The molecule has 0 aliphatic heterocycles. The molecule has 0 saturated carbocycles. The number of aromatic nitrogens is 2. The Balaban J connectivity index is 1.98. The smallest absolute Gasteiger partial charge is 0.136 e. The van der Waals surface area contributed by atoms with Crippen molar-refractivity contribution in [1.82, 2.24) is 9.55 Å². The first-order chi connectivity index (χ1) is 11.3. The van der Waals surface area contributed by atoms with Gasteiger partial charge >= 0.3 is 0 Å². The third kappa shape index (κ3) is 2.36. The summed E-state index contributed by atoms with van der Waals surface area (Å²) in [6.07, 6.45) is 5.38. The second kappa shape index (κ2) is 5.61. The molecule has 3 aromatic heterocycles. The number of rotatable bonds is 3. The van der Waals surface area contributed by atoms with Crippen molar-refractivity contribution in [3.63, 3.8) is 0 Å². The standard InChI is InChI=1S/C20H16N2O/c1-22-18(16-9-5-11-21-14-16)13-17(19-10-6-12-23-19)20(22)15-7-3-2-4-8-15/h2-14H,1H3. The van der Waals surface area contributed by atoms with Crippen LogP contribution in [0.25, 0.3) is 33.8 Å². The molecule has 0 aliphatic carbocycles. The van der Waals surface area contributed by atoms with E-state index < -0.39 is 0 Å². The third-order valence-electron chi connectivity index (χ3n) is 4.02. The van der Waals surface area contributed by atoms with Gasteiger partial charge in [0.2, 0.25) is 0 Å². The Hall–Kier alpha value is -3.07. The van der Waals surface area contributed by atoms with Gasteiger partial charge in [0.05, 0.1) is 17.7 Å². The minimum Gasteiger partial charge on any atom is -0.464 e. The molecule has 0 bridgehead atoms. The topological polar surface area (TPSA) is 31.0 Å². The van der Waals surface area contributed by atoms with Crippen LogP contribution in [0.2, 0.25) is 0 Å². The molecule has 0 radical (unpaired) electrons. The van der Waals surface area contributed by atoms with Gasteiger partial charge in [-0.2, -0.15) is 0 Å². The van der Waals surface area contributed by atoms with E-state index in [4.69, 9.17) is 4.42 Å². The Bertz CT molecular complexity index is 907. The van der Waals surface area contributed by atoms with Crippen LogP contribution in [0, 0.1) is 0 Å². The van der Waals surface area contributed by atoms with Gasteiger partial charge in [0.15, 0.2) is 0 Å². The predicted molar refractivity (Wildman–Crippen MR) is 91.8 cm³/mol. The summed E-state index contributed by atoms with van der Waals surface area (Å²) >= 11 is 0. The van der Waals surface area contributed by atoms with Crippen molar-refractivity contribution >= 4 is 0 Å². The molecule has 1 aromatic carbocycles. The lowest BCUT2D eigenvalue weighted by Crippen LogP contribution is -1.95. The minimum atomic E-state index is 0.870. The summed E-state index contributed by atoms with van der Waals surface area (Å²) in [5.74, 6) is 0.870. The van der Waals surface area contributed by atoms with Crippen LogP contribution in [0.5, 0.6) is 0 Å². The van der Waals surface area contributed by atoms with Crippen LogP contribution in [0.3, 0.4) is 0 Å². The summed E-state index contributed by atoms with van der Waals surface area (Å²) in [7, 11) is 2.08. The van der Waals surface area contributed by atoms with E-state index in [2.05, 4.69) is 53.0 Å². The number of furan rings is 1. The van der Waals surface area contributed by atoms with Crippen molar-refractivity contribution < 1.29 is 4.42 Å². The molecule has 3 nitrogen and oxygen atoms in total. The number of nitrogens with zero attached hydrogens (tertiary/aromatic N) is 2. The van der Waals surface area contributed by atoms with Crippen molar-refractivity contribution in [1.29, 1.82) is 0 Å². The first-order valence-corrected chi connectivity index (χ1v) is 7.54. The van der Waals surface area contributed by atoms with Gasteiger partial charge in [-0.25, -0.2) is 0 Å². The summed E-state index contributed by atoms with van der Waals surface area (Å²) < 4.78 is 7.86. The molecule has 3 heteroatoms. The second-order valence-electron chi connectivity index (χ2n) is 5.44. The fourth-order valence-electron chi connectivity index (χ4n) is 2.96. The van der Waals surface area contributed by atoms with E-state index in [1.165, 1.54) is 0 Å². The fraction of sp³-hybridized carbons (Fsp3) is 0.0500. The summed E-state index contributed by atoms with van der Waals surface area (Å²) in [4.78, 5) is 4.24. The van der Waals surface area contributed by atoms with Gasteiger partial charge in [0.25, 0.3) is 0 Å². The monoisotopic (exact) mass is 300 g/mol. The average molecular weight is 300 g/mol. The molecule has 0 saturated heterocycles. The molecule has 0 N–H and O–H groups in total. The maximum Gasteiger partial charge on any atom is 0.136 e. The fourth-order valence-corrected chi connectivity index (χ4v) is 2.96. The van der Waals surface area contributed by atoms with E-state index in [0.717, 1.165) is 33.8 Å². The molecule has 0 spiro atoms. The first kappa shape index (κ1) is 13.6. The van der Waals surface area contributed by atoms with Crippen molar-refractivity contribution in [2.75, 3.05) is 0 Å². The SMILES string of the molecule is Cn1c(-c2cccnc2)cc(-c2ccco2)c1-c1ccccc1. The molecule has 0 aliphatic rings. The zero-order valence-corrected chi connectivity index (χ0v) is 12.8. The van der Waals surface area contributed by atoms with Crippen LogP contribution in [-0.4, -0.2) is 9.55 Å². The van der Waals surface area contributed by atoms with Crippen molar-refractivity contribution in [2.45, 2.75) is 0 Å². The van der Waals surface area contributed by atoms with Crippen LogP contribution in [0.1, 0.15) is 0 Å². The molecule has 0 fully saturated rings. The zero-order chi connectivity index (χ0) is 15.6. The molecule has 3 heterocycles. The number of pyridine rings is 1. The predicted octanol–water partition coefficient (Wildman–Crippen LogP) is 5.01. The highest BCUT2D eigenvalue weighted by atomic mass is 16.3. The maximum atomic E-state index is 5.66. The van der Waals surface area contributed by atoms with E-state index in [-0.39, 0.29) is 0 Å². The molecule has 23 heavy (non-hydrogen) atoms. The second-order valence-corrected chi connectivity index (χ2v) is 5.44. The Labute approximate surface area is 134 Å². The van der Waals surface area contributed by atoms with Crippen molar-refractivity contribution in [2.24, 2.45) is 7.05 Å². The molecule has 0 atom stereocenters. The molecule has 112 valence electrons. The number of hydrogen-bond acceptors (Lipinski definition) is 2. The molecule has 0 amide bonds. The van der Waals surface area contributed by atoms with Gasteiger partial charge in [-0.05, 0) is 35.9 Å². The highest BCUT2D eigenvalue weighted by Crippen LogP contribution is 2.38. The van der Waals surface area contributed by atoms with Crippen LogP contribution >= 0.6 is 0 Å². The van der Waals surface area contributed by atoms with E-state index in [9.17, 15) is 0 Å². The van der Waals surface area contributed by atoms with Gasteiger partial charge < -0.3 is 8.98 Å².